The monoisotopic (exact) mass is 306 g/mol. The molecule has 2 rings (SSSR count). The van der Waals surface area contributed by atoms with E-state index < -0.39 is 6.09 Å². The lowest BCUT2D eigenvalue weighted by Gasteiger charge is -2.15. The number of rotatable bonds is 7. The number of anilines is 1. The van der Waals surface area contributed by atoms with Gasteiger partial charge in [-0.15, -0.1) is 0 Å². The number of carbonyl (C=O) groups is 2. The number of nitrogens with one attached hydrogen (secondary N) is 1. The molecule has 1 aliphatic heterocycles. The molecule has 1 heterocycles. The highest BCUT2D eigenvalue weighted by Crippen LogP contribution is 2.15. The van der Waals surface area contributed by atoms with Crippen LogP contribution in [-0.2, 0) is 21.0 Å². The van der Waals surface area contributed by atoms with Crippen LogP contribution in [0.25, 0.3) is 0 Å². The molecule has 0 aliphatic carbocycles. The molecule has 2 amide bonds. The Labute approximate surface area is 130 Å². The van der Waals surface area contributed by atoms with Gasteiger partial charge in [0.1, 0.15) is 6.61 Å². The average Bonchev–Trinajstić information content (AvgIpc) is 2.91. The Balaban J connectivity index is 1.81. The van der Waals surface area contributed by atoms with Crippen molar-refractivity contribution in [2.75, 3.05) is 18.5 Å². The summed E-state index contributed by atoms with van der Waals surface area (Å²) in [7, 11) is 0. The van der Waals surface area contributed by atoms with E-state index >= 15 is 0 Å². The molecule has 120 valence electrons. The fourth-order valence-corrected chi connectivity index (χ4v) is 2.11. The minimum absolute atomic E-state index is 0.0220. The third kappa shape index (κ3) is 5.04. The van der Waals surface area contributed by atoms with Crippen molar-refractivity contribution in [3.63, 3.8) is 0 Å². The van der Waals surface area contributed by atoms with Crippen LogP contribution in [0.2, 0.25) is 0 Å². The van der Waals surface area contributed by atoms with Crippen molar-refractivity contribution in [1.29, 1.82) is 0 Å². The van der Waals surface area contributed by atoms with Gasteiger partial charge in [-0.05, 0) is 30.5 Å². The van der Waals surface area contributed by atoms with Crippen molar-refractivity contribution in [1.82, 2.24) is 5.06 Å². The van der Waals surface area contributed by atoms with E-state index in [-0.39, 0.29) is 5.91 Å². The molecule has 1 N–H and O–H groups in total. The summed E-state index contributed by atoms with van der Waals surface area (Å²) in [6.07, 6.45) is 2.76. The van der Waals surface area contributed by atoms with Crippen molar-refractivity contribution in [3.05, 3.63) is 29.8 Å². The first-order valence-electron chi connectivity index (χ1n) is 7.65. The van der Waals surface area contributed by atoms with Gasteiger partial charge in [-0.25, -0.2) is 9.86 Å². The van der Waals surface area contributed by atoms with Crippen LogP contribution < -0.4 is 5.32 Å². The van der Waals surface area contributed by atoms with E-state index in [2.05, 4.69) is 5.32 Å². The minimum Gasteiger partial charge on any atom is -0.449 e. The molecule has 6 heteroatoms. The first-order chi connectivity index (χ1) is 10.7. The Morgan fingerprint density at radius 1 is 1.41 bits per heavy atom. The number of hydrogen-bond donors (Lipinski definition) is 1. The number of carbonyl (C=O) groups excluding carboxylic acids is 2. The lowest BCUT2D eigenvalue weighted by Crippen LogP contribution is -2.24. The highest BCUT2D eigenvalue weighted by molar-refractivity contribution is 5.84. The molecular formula is C16H22N2O4. The van der Waals surface area contributed by atoms with Gasteiger partial charge in [0.15, 0.2) is 0 Å². The first-order valence-corrected chi connectivity index (χ1v) is 7.65. The molecule has 0 radical (unpaired) electrons. The van der Waals surface area contributed by atoms with Crippen LogP contribution in [0, 0.1) is 0 Å². The maximum atomic E-state index is 11.6. The molecule has 0 atom stereocenters. The van der Waals surface area contributed by atoms with Gasteiger partial charge in [-0.1, -0.05) is 25.5 Å². The van der Waals surface area contributed by atoms with Gasteiger partial charge in [0.05, 0.1) is 6.61 Å². The number of amides is 2. The number of benzene rings is 1. The summed E-state index contributed by atoms with van der Waals surface area (Å²) in [4.78, 5) is 28.5. The first kappa shape index (κ1) is 16.3. The fourth-order valence-electron chi connectivity index (χ4n) is 2.11. The van der Waals surface area contributed by atoms with Gasteiger partial charge in [0.25, 0.3) is 0 Å². The second-order valence-electron chi connectivity index (χ2n) is 5.19. The van der Waals surface area contributed by atoms with E-state index in [9.17, 15) is 9.59 Å². The molecular weight excluding hydrogens is 284 g/mol. The summed E-state index contributed by atoms with van der Waals surface area (Å²) in [5, 5.41) is 4.08. The van der Waals surface area contributed by atoms with Gasteiger partial charge in [0.2, 0.25) is 5.91 Å². The third-order valence-corrected chi connectivity index (χ3v) is 3.32. The molecule has 1 aromatic rings. The van der Waals surface area contributed by atoms with Gasteiger partial charge in [0, 0.05) is 18.7 Å². The van der Waals surface area contributed by atoms with E-state index in [0.29, 0.717) is 31.9 Å². The van der Waals surface area contributed by atoms with E-state index in [1.165, 1.54) is 5.06 Å². The highest BCUT2D eigenvalue weighted by atomic mass is 16.7. The predicted octanol–water partition coefficient (Wildman–Crippen LogP) is 3.09. The van der Waals surface area contributed by atoms with Crippen LogP contribution >= 0.6 is 0 Å². The lowest BCUT2D eigenvalue weighted by molar-refractivity contribution is -0.182. The zero-order valence-electron chi connectivity index (χ0n) is 12.8. The minimum atomic E-state index is -0.457. The summed E-state index contributed by atoms with van der Waals surface area (Å²) in [6, 6.07) is 7.30. The zero-order valence-corrected chi connectivity index (χ0v) is 12.8. The number of hydroxylamine groups is 2. The van der Waals surface area contributed by atoms with Crippen molar-refractivity contribution in [2.45, 2.75) is 39.2 Å². The summed E-state index contributed by atoms with van der Waals surface area (Å²) >= 11 is 0. The molecule has 22 heavy (non-hydrogen) atoms. The maximum absolute atomic E-state index is 11.6. The predicted molar refractivity (Wildman–Crippen MR) is 82.1 cm³/mol. The van der Waals surface area contributed by atoms with Crippen LogP contribution in [0.1, 0.15) is 38.2 Å². The van der Waals surface area contributed by atoms with Gasteiger partial charge >= 0.3 is 6.09 Å². The van der Waals surface area contributed by atoms with Gasteiger partial charge in [-0.2, -0.15) is 0 Å². The van der Waals surface area contributed by atoms with Crippen LogP contribution in [0.3, 0.4) is 0 Å². The summed E-state index contributed by atoms with van der Waals surface area (Å²) in [5.74, 6) is 0.0220. The van der Waals surface area contributed by atoms with Crippen LogP contribution in [0.5, 0.6) is 0 Å². The quantitative estimate of drug-likeness (QED) is 0.786. The Kier molecular flexibility index (Phi) is 6.21. The molecule has 0 bridgehead atoms. The normalized spacial score (nSPS) is 14.2. The fraction of sp³-hybridized carbons (Fsp3) is 0.500. The second-order valence-corrected chi connectivity index (χ2v) is 5.19. The molecule has 0 aromatic heterocycles. The molecule has 1 aliphatic rings. The van der Waals surface area contributed by atoms with Gasteiger partial charge < -0.3 is 4.74 Å². The second kappa shape index (κ2) is 8.38. The summed E-state index contributed by atoms with van der Waals surface area (Å²) in [6.45, 7) is 3.39. The summed E-state index contributed by atoms with van der Waals surface area (Å²) < 4.78 is 5.05. The van der Waals surface area contributed by atoms with E-state index in [1.807, 2.05) is 25.1 Å². The van der Waals surface area contributed by atoms with E-state index in [0.717, 1.165) is 24.8 Å². The average molecular weight is 306 g/mol. The Morgan fingerprint density at radius 2 is 2.27 bits per heavy atom. The van der Waals surface area contributed by atoms with E-state index in [4.69, 9.17) is 9.57 Å². The molecule has 0 unspecified atom stereocenters. The molecule has 6 nitrogen and oxygen atoms in total. The third-order valence-electron chi connectivity index (χ3n) is 3.32. The van der Waals surface area contributed by atoms with Crippen molar-refractivity contribution < 1.29 is 19.2 Å². The topological polar surface area (TPSA) is 67.9 Å². The zero-order chi connectivity index (χ0) is 15.8. The Bertz CT molecular complexity index is 519. The molecule has 0 saturated carbocycles. The summed E-state index contributed by atoms with van der Waals surface area (Å²) in [5.41, 5.74) is 1.53. The highest BCUT2D eigenvalue weighted by Gasteiger charge is 2.20. The Hall–Kier alpha value is -2.08. The molecule has 1 saturated heterocycles. The number of ether oxygens (including phenoxy) is 1. The molecule has 1 aromatic carbocycles. The Morgan fingerprint density at radius 3 is 3.00 bits per heavy atom. The van der Waals surface area contributed by atoms with Gasteiger partial charge in [-0.3, -0.25) is 14.9 Å². The van der Waals surface area contributed by atoms with E-state index in [1.54, 1.807) is 6.07 Å². The maximum Gasteiger partial charge on any atom is 0.411 e. The van der Waals surface area contributed by atoms with Crippen molar-refractivity contribution in [2.24, 2.45) is 0 Å². The van der Waals surface area contributed by atoms with Crippen LogP contribution in [-0.4, -0.2) is 30.2 Å². The lowest BCUT2D eigenvalue weighted by atomic mass is 10.2. The van der Waals surface area contributed by atoms with Crippen LogP contribution in [0.4, 0.5) is 10.5 Å². The number of hydrogen-bond acceptors (Lipinski definition) is 4. The van der Waals surface area contributed by atoms with Crippen molar-refractivity contribution >= 4 is 17.7 Å². The SMILES string of the molecule is CCCCOC(=O)Nc1cccc(CON2CCCC2=O)c1. The molecule has 0 spiro atoms. The van der Waals surface area contributed by atoms with Crippen molar-refractivity contribution in [3.8, 4) is 0 Å². The number of unbranched alkanes of at least 4 members (excludes halogenated alkanes) is 1. The molecule has 1 fully saturated rings. The number of nitrogens with zero attached hydrogens (tertiary/aromatic N) is 1. The van der Waals surface area contributed by atoms with Crippen LogP contribution in [0.15, 0.2) is 24.3 Å². The largest absolute Gasteiger partial charge is 0.449 e. The standard InChI is InChI=1S/C16H22N2O4/c1-2-3-10-21-16(20)17-14-7-4-6-13(11-14)12-22-18-9-5-8-15(18)19/h4,6-7,11H,2-3,5,8-10,12H2,1H3,(H,17,20). The smallest absolute Gasteiger partial charge is 0.411 e.